The molecule has 1 fully saturated rings. The minimum atomic E-state index is -3.36. The number of halogens is 1. The number of hydrogen-bond donors (Lipinski definition) is 0. The standard InChI is InChI=1S/C14H20BrNO2S/c1-10-6-7-16(12(3)8-10)19(17,18)13-4-5-14(15)11(2)9-13/h4-5,9-10,12H,6-8H2,1-3H3. The van der Waals surface area contributed by atoms with Gasteiger partial charge in [0.1, 0.15) is 0 Å². The first kappa shape index (κ1) is 15.0. The van der Waals surface area contributed by atoms with Crippen molar-refractivity contribution >= 4 is 26.0 Å². The van der Waals surface area contributed by atoms with Crippen molar-refractivity contribution in [3.8, 4) is 0 Å². The predicted molar refractivity (Wildman–Crippen MR) is 80.6 cm³/mol. The molecular formula is C14H20BrNO2S. The fourth-order valence-electron chi connectivity index (χ4n) is 2.66. The maximum atomic E-state index is 12.7. The monoisotopic (exact) mass is 345 g/mol. The van der Waals surface area contributed by atoms with Crippen molar-refractivity contribution in [3.05, 3.63) is 28.2 Å². The number of piperidine rings is 1. The summed E-state index contributed by atoms with van der Waals surface area (Å²) >= 11 is 3.40. The Balaban J connectivity index is 2.34. The van der Waals surface area contributed by atoms with E-state index >= 15 is 0 Å². The van der Waals surface area contributed by atoms with Crippen LogP contribution < -0.4 is 0 Å². The van der Waals surface area contributed by atoms with Crippen molar-refractivity contribution in [1.29, 1.82) is 0 Å². The average Bonchev–Trinajstić information content (AvgIpc) is 2.32. The van der Waals surface area contributed by atoms with Crippen molar-refractivity contribution in [2.45, 2.75) is 44.6 Å². The third kappa shape index (κ3) is 3.03. The molecule has 106 valence electrons. The van der Waals surface area contributed by atoms with Crippen molar-refractivity contribution in [2.75, 3.05) is 6.54 Å². The molecule has 0 bridgehead atoms. The molecule has 1 aromatic carbocycles. The van der Waals surface area contributed by atoms with Crippen LogP contribution in [0, 0.1) is 12.8 Å². The Morgan fingerprint density at radius 2 is 2.00 bits per heavy atom. The van der Waals surface area contributed by atoms with E-state index in [9.17, 15) is 8.42 Å². The summed E-state index contributed by atoms with van der Waals surface area (Å²) in [6, 6.07) is 5.30. The molecule has 1 aromatic rings. The second-order valence-electron chi connectivity index (χ2n) is 5.51. The van der Waals surface area contributed by atoms with Crippen LogP contribution in [0.15, 0.2) is 27.6 Å². The number of hydrogen-bond acceptors (Lipinski definition) is 2. The maximum absolute atomic E-state index is 12.7. The quantitative estimate of drug-likeness (QED) is 0.821. The van der Waals surface area contributed by atoms with E-state index in [1.54, 1.807) is 22.5 Å². The van der Waals surface area contributed by atoms with Gasteiger partial charge >= 0.3 is 0 Å². The van der Waals surface area contributed by atoms with Crippen molar-refractivity contribution in [1.82, 2.24) is 4.31 Å². The van der Waals surface area contributed by atoms with Crippen LogP contribution in [0.2, 0.25) is 0 Å². The summed E-state index contributed by atoms with van der Waals surface area (Å²) < 4.78 is 27.9. The number of aryl methyl sites for hydroxylation is 1. The van der Waals surface area contributed by atoms with Crippen LogP contribution in [0.3, 0.4) is 0 Å². The third-order valence-electron chi connectivity index (χ3n) is 3.81. The molecule has 0 spiro atoms. The molecular weight excluding hydrogens is 326 g/mol. The van der Waals surface area contributed by atoms with Crippen molar-refractivity contribution in [3.63, 3.8) is 0 Å². The molecule has 1 saturated heterocycles. The highest BCUT2D eigenvalue weighted by Crippen LogP contribution is 2.29. The minimum Gasteiger partial charge on any atom is -0.207 e. The lowest BCUT2D eigenvalue weighted by molar-refractivity contribution is 0.220. The van der Waals surface area contributed by atoms with E-state index < -0.39 is 10.0 Å². The number of nitrogens with zero attached hydrogens (tertiary/aromatic N) is 1. The molecule has 2 unspecified atom stereocenters. The lowest BCUT2D eigenvalue weighted by Crippen LogP contribution is -2.44. The Morgan fingerprint density at radius 3 is 2.58 bits per heavy atom. The molecule has 1 heterocycles. The van der Waals surface area contributed by atoms with Crippen LogP contribution in [0.4, 0.5) is 0 Å². The van der Waals surface area contributed by atoms with Gasteiger partial charge in [-0.3, -0.25) is 0 Å². The topological polar surface area (TPSA) is 37.4 Å². The lowest BCUT2D eigenvalue weighted by atomic mass is 9.95. The molecule has 0 amide bonds. The van der Waals surface area contributed by atoms with Gasteiger partial charge in [0, 0.05) is 17.1 Å². The molecule has 3 nitrogen and oxygen atoms in total. The van der Waals surface area contributed by atoms with Gasteiger partial charge in [-0.2, -0.15) is 4.31 Å². The highest BCUT2D eigenvalue weighted by atomic mass is 79.9. The first-order valence-corrected chi connectivity index (χ1v) is 8.83. The molecule has 2 atom stereocenters. The van der Waals surface area contributed by atoms with Gasteiger partial charge in [0.2, 0.25) is 10.0 Å². The molecule has 5 heteroatoms. The van der Waals surface area contributed by atoms with Crippen LogP contribution in [0.1, 0.15) is 32.3 Å². The Morgan fingerprint density at radius 1 is 1.32 bits per heavy atom. The number of sulfonamides is 1. The van der Waals surface area contributed by atoms with E-state index in [1.165, 1.54) is 0 Å². The molecule has 0 saturated carbocycles. The van der Waals surface area contributed by atoms with Crippen LogP contribution in [-0.2, 0) is 10.0 Å². The van der Waals surface area contributed by atoms with Gasteiger partial charge in [0.05, 0.1) is 4.90 Å². The van der Waals surface area contributed by atoms with E-state index in [1.807, 2.05) is 13.8 Å². The minimum absolute atomic E-state index is 0.0812. The summed E-state index contributed by atoms with van der Waals surface area (Å²) in [7, 11) is -3.36. The maximum Gasteiger partial charge on any atom is 0.243 e. The van der Waals surface area contributed by atoms with Gasteiger partial charge in [-0.15, -0.1) is 0 Å². The van der Waals surface area contributed by atoms with Crippen molar-refractivity contribution in [2.24, 2.45) is 5.92 Å². The summed E-state index contributed by atoms with van der Waals surface area (Å²) in [6.45, 7) is 6.72. The largest absolute Gasteiger partial charge is 0.243 e. The summed E-state index contributed by atoms with van der Waals surface area (Å²) in [5.41, 5.74) is 0.944. The van der Waals surface area contributed by atoms with Crippen LogP contribution in [-0.4, -0.2) is 25.3 Å². The SMILES string of the molecule is Cc1cc(S(=O)(=O)N2CCC(C)CC2C)ccc1Br. The Bertz CT molecular complexity index is 571. The van der Waals surface area contributed by atoms with Gasteiger partial charge in [0.15, 0.2) is 0 Å². The zero-order valence-corrected chi connectivity index (χ0v) is 14.0. The Kier molecular flexibility index (Phi) is 4.38. The van der Waals surface area contributed by atoms with Crippen LogP contribution in [0.25, 0.3) is 0 Å². The summed E-state index contributed by atoms with van der Waals surface area (Å²) in [6.07, 6.45) is 1.88. The van der Waals surface area contributed by atoms with E-state index in [-0.39, 0.29) is 6.04 Å². The van der Waals surface area contributed by atoms with Crippen LogP contribution >= 0.6 is 15.9 Å². The normalized spacial score (nSPS) is 25.5. The fourth-order valence-corrected chi connectivity index (χ4v) is 4.64. The second kappa shape index (κ2) is 5.54. The second-order valence-corrected chi connectivity index (χ2v) is 8.25. The highest BCUT2D eigenvalue weighted by molar-refractivity contribution is 9.10. The molecule has 0 N–H and O–H groups in total. The lowest BCUT2D eigenvalue weighted by Gasteiger charge is -2.35. The molecule has 1 aliphatic heterocycles. The first-order chi connectivity index (χ1) is 8.82. The highest BCUT2D eigenvalue weighted by Gasteiger charge is 2.33. The Hall–Kier alpha value is -0.390. The molecule has 1 aliphatic rings. The summed E-state index contributed by atoms with van der Waals surface area (Å²) in [5, 5.41) is 0. The molecule has 2 rings (SSSR count). The summed E-state index contributed by atoms with van der Waals surface area (Å²) in [4.78, 5) is 0.398. The van der Waals surface area contributed by atoms with Gasteiger partial charge in [-0.25, -0.2) is 8.42 Å². The molecule has 0 radical (unpaired) electrons. The van der Waals surface area contributed by atoms with E-state index in [0.29, 0.717) is 17.4 Å². The van der Waals surface area contributed by atoms with E-state index in [2.05, 4.69) is 22.9 Å². The molecule has 19 heavy (non-hydrogen) atoms. The fraction of sp³-hybridized carbons (Fsp3) is 0.571. The predicted octanol–water partition coefficient (Wildman–Crippen LogP) is 3.57. The Labute approximate surface area is 124 Å². The average molecular weight is 346 g/mol. The van der Waals surface area contributed by atoms with Gasteiger partial charge in [-0.05, 0) is 56.4 Å². The molecule has 0 aromatic heterocycles. The van der Waals surface area contributed by atoms with E-state index in [0.717, 1.165) is 22.9 Å². The van der Waals surface area contributed by atoms with E-state index in [4.69, 9.17) is 0 Å². The smallest absolute Gasteiger partial charge is 0.207 e. The first-order valence-electron chi connectivity index (χ1n) is 6.60. The number of benzene rings is 1. The summed E-state index contributed by atoms with van der Waals surface area (Å²) in [5.74, 6) is 0.605. The van der Waals surface area contributed by atoms with Gasteiger partial charge < -0.3 is 0 Å². The van der Waals surface area contributed by atoms with Gasteiger partial charge in [0.25, 0.3) is 0 Å². The van der Waals surface area contributed by atoms with Crippen molar-refractivity contribution < 1.29 is 8.42 Å². The zero-order chi connectivity index (χ0) is 14.2. The number of rotatable bonds is 2. The van der Waals surface area contributed by atoms with Crippen LogP contribution in [0.5, 0.6) is 0 Å². The molecule has 0 aliphatic carbocycles. The van der Waals surface area contributed by atoms with Gasteiger partial charge in [-0.1, -0.05) is 22.9 Å². The zero-order valence-electron chi connectivity index (χ0n) is 11.6. The third-order valence-corrected chi connectivity index (χ3v) is 6.71.